The minimum absolute atomic E-state index is 0.00610. The van der Waals surface area contributed by atoms with Crippen molar-refractivity contribution >= 4 is 10.0 Å². The number of benzene rings is 1. The summed E-state index contributed by atoms with van der Waals surface area (Å²) >= 11 is 0. The third-order valence-electron chi connectivity index (χ3n) is 3.64. The van der Waals surface area contributed by atoms with Gasteiger partial charge < -0.3 is 10.5 Å². The van der Waals surface area contributed by atoms with Crippen LogP contribution in [-0.4, -0.2) is 39.0 Å². The van der Waals surface area contributed by atoms with Crippen molar-refractivity contribution in [1.82, 2.24) is 4.31 Å². The van der Waals surface area contributed by atoms with Gasteiger partial charge in [-0.05, 0) is 30.5 Å². The van der Waals surface area contributed by atoms with Crippen LogP contribution in [0.25, 0.3) is 0 Å². The van der Waals surface area contributed by atoms with E-state index in [2.05, 4.69) is 0 Å². The SMILES string of the molecule is COC1CCN(S(=O)(=O)c2cc(CN)cc(F)c2F)CC1. The van der Waals surface area contributed by atoms with Gasteiger partial charge in [-0.15, -0.1) is 0 Å². The normalized spacial score (nSPS) is 18.1. The highest BCUT2D eigenvalue weighted by Gasteiger charge is 2.32. The molecule has 1 saturated heterocycles. The van der Waals surface area contributed by atoms with Crippen LogP contribution in [0.2, 0.25) is 0 Å². The van der Waals surface area contributed by atoms with E-state index in [0.717, 1.165) is 16.4 Å². The Morgan fingerprint density at radius 2 is 1.95 bits per heavy atom. The molecule has 0 aliphatic carbocycles. The Balaban J connectivity index is 2.34. The fourth-order valence-electron chi connectivity index (χ4n) is 2.37. The third-order valence-corrected chi connectivity index (χ3v) is 5.54. The number of ether oxygens (including phenoxy) is 1. The molecule has 0 aromatic heterocycles. The van der Waals surface area contributed by atoms with Crippen LogP contribution in [0.1, 0.15) is 18.4 Å². The Hall–Kier alpha value is -1.09. The lowest BCUT2D eigenvalue weighted by atomic mass is 10.1. The van der Waals surface area contributed by atoms with Crippen molar-refractivity contribution in [3.05, 3.63) is 29.3 Å². The molecule has 1 aliphatic rings. The smallest absolute Gasteiger partial charge is 0.246 e. The summed E-state index contributed by atoms with van der Waals surface area (Å²) in [6.07, 6.45) is 1.04. The molecule has 0 bridgehead atoms. The first-order valence-corrected chi connectivity index (χ1v) is 8.05. The molecule has 0 radical (unpaired) electrons. The van der Waals surface area contributed by atoms with Crippen molar-refractivity contribution in [3.63, 3.8) is 0 Å². The zero-order chi connectivity index (χ0) is 15.6. The maximum atomic E-state index is 13.9. The fraction of sp³-hybridized carbons (Fsp3) is 0.538. The van der Waals surface area contributed by atoms with Crippen LogP contribution in [0.15, 0.2) is 17.0 Å². The summed E-state index contributed by atoms with van der Waals surface area (Å²) in [7, 11) is -2.51. The second-order valence-electron chi connectivity index (χ2n) is 4.93. The fourth-order valence-corrected chi connectivity index (χ4v) is 3.96. The Morgan fingerprint density at radius 3 is 2.48 bits per heavy atom. The number of rotatable bonds is 4. The summed E-state index contributed by atoms with van der Waals surface area (Å²) in [6, 6.07) is 2.00. The number of hydrogen-bond acceptors (Lipinski definition) is 4. The molecule has 1 heterocycles. The second-order valence-corrected chi connectivity index (χ2v) is 6.84. The van der Waals surface area contributed by atoms with E-state index >= 15 is 0 Å². The lowest BCUT2D eigenvalue weighted by Gasteiger charge is -2.30. The van der Waals surface area contributed by atoms with E-state index in [-0.39, 0.29) is 31.3 Å². The number of nitrogens with zero attached hydrogens (tertiary/aromatic N) is 1. The van der Waals surface area contributed by atoms with Crippen molar-refractivity contribution in [2.75, 3.05) is 20.2 Å². The Labute approximate surface area is 122 Å². The molecular weight excluding hydrogens is 302 g/mol. The number of sulfonamides is 1. The second kappa shape index (κ2) is 6.35. The van der Waals surface area contributed by atoms with Crippen molar-refractivity contribution in [1.29, 1.82) is 0 Å². The molecule has 2 rings (SSSR count). The number of nitrogens with two attached hydrogens (primary N) is 1. The molecule has 118 valence electrons. The topological polar surface area (TPSA) is 72.6 Å². The van der Waals surface area contributed by atoms with Crippen LogP contribution in [0, 0.1) is 11.6 Å². The van der Waals surface area contributed by atoms with Crippen molar-refractivity contribution < 1.29 is 21.9 Å². The van der Waals surface area contributed by atoms with Gasteiger partial charge in [-0.25, -0.2) is 17.2 Å². The summed E-state index contributed by atoms with van der Waals surface area (Å²) in [5, 5.41) is 0. The molecule has 8 heteroatoms. The molecule has 5 nitrogen and oxygen atoms in total. The van der Waals surface area contributed by atoms with Gasteiger partial charge in [-0.2, -0.15) is 4.31 Å². The lowest BCUT2D eigenvalue weighted by molar-refractivity contribution is 0.0604. The molecule has 1 aliphatic heterocycles. The van der Waals surface area contributed by atoms with Gasteiger partial charge in [-0.1, -0.05) is 0 Å². The lowest BCUT2D eigenvalue weighted by Crippen LogP contribution is -2.41. The van der Waals surface area contributed by atoms with Gasteiger partial charge in [0, 0.05) is 26.7 Å². The first-order valence-electron chi connectivity index (χ1n) is 6.61. The van der Waals surface area contributed by atoms with E-state index in [0.29, 0.717) is 12.8 Å². The predicted molar refractivity (Wildman–Crippen MR) is 73.0 cm³/mol. The Bertz CT molecular complexity index is 614. The molecule has 21 heavy (non-hydrogen) atoms. The first-order chi connectivity index (χ1) is 9.90. The third kappa shape index (κ3) is 3.23. The van der Waals surface area contributed by atoms with E-state index in [9.17, 15) is 17.2 Å². The van der Waals surface area contributed by atoms with E-state index in [1.807, 2.05) is 0 Å². The largest absolute Gasteiger partial charge is 0.381 e. The Morgan fingerprint density at radius 1 is 1.33 bits per heavy atom. The molecule has 0 atom stereocenters. The maximum Gasteiger partial charge on any atom is 0.246 e. The van der Waals surface area contributed by atoms with Crippen LogP contribution in [0.5, 0.6) is 0 Å². The van der Waals surface area contributed by atoms with Crippen LogP contribution < -0.4 is 5.73 Å². The monoisotopic (exact) mass is 320 g/mol. The number of piperidine rings is 1. The number of methoxy groups -OCH3 is 1. The summed E-state index contributed by atoms with van der Waals surface area (Å²) in [5.74, 6) is -2.57. The van der Waals surface area contributed by atoms with Crippen LogP contribution in [0.4, 0.5) is 8.78 Å². The highest BCUT2D eigenvalue weighted by Crippen LogP contribution is 2.26. The highest BCUT2D eigenvalue weighted by atomic mass is 32.2. The molecule has 1 aromatic rings. The quantitative estimate of drug-likeness (QED) is 0.905. The van der Waals surface area contributed by atoms with Crippen molar-refractivity contribution in [2.45, 2.75) is 30.4 Å². The minimum Gasteiger partial charge on any atom is -0.381 e. The van der Waals surface area contributed by atoms with E-state index in [4.69, 9.17) is 10.5 Å². The maximum absolute atomic E-state index is 13.9. The summed E-state index contributed by atoms with van der Waals surface area (Å²) in [5.41, 5.74) is 5.62. The van der Waals surface area contributed by atoms with Crippen molar-refractivity contribution in [2.24, 2.45) is 5.73 Å². The van der Waals surface area contributed by atoms with Gasteiger partial charge in [0.2, 0.25) is 10.0 Å². The molecular formula is C13H18F2N2O3S. The van der Waals surface area contributed by atoms with Gasteiger partial charge in [0.05, 0.1) is 6.10 Å². The minimum atomic E-state index is -4.07. The highest BCUT2D eigenvalue weighted by molar-refractivity contribution is 7.89. The summed E-state index contributed by atoms with van der Waals surface area (Å²) in [4.78, 5) is -0.654. The zero-order valence-electron chi connectivity index (χ0n) is 11.7. The van der Waals surface area contributed by atoms with Crippen LogP contribution in [-0.2, 0) is 21.3 Å². The summed E-state index contributed by atoms with van der Waals surface area (Å²) in [6.45, 7) is 0.370. The van der Waals surface area contributed by atoms with Crippen LogP contribution in [0.3, 0.4) is 0 Å². The molecule has 1 fully saturated rings. The van der Waals surface area contributed by atoms with Gasteiger partial charge in [0.15, 0.2) is 11.6 Å². The van der Waals surface area contributed by atoms with Gasteiger partial charge in [0.1, 0.15) is 4.90 Å². The molecule has 0 amide bonds. The molecule has 0 saturated carbocycles. The molecule has 1 aromatic carbocycles. The van der Waals surface area contributed by atoms with E-state index in [1.54, 1.807) is 7.11 Å². The van der Waals surface area contributed by atoms with Crippen molar-refractivity contribution in [3.8, 4) is 0 Å². The van der Waals surface area contributed by atoms with Gasteiger partial charge in [0.25, 0.3) is 0 Å². The number of halogens is 2. The Kier molecular flexibility index (Phi) is 4.92. The van der Waals surface area contributed by atoms with Gasteiger partial charge in [-0.3, -0.25) is 0 Å². The van der Waals surface area contributed by atoms with Gasteiger partial charge >= 0.3 is 0 Å². The van der Waals surface area contributed by atoms with E-state index in [1.165, 1.54) is 0 Å². The standard InChI is InChI=1S/C13H18F2N2O3S/c1-20-10-2-4-17(5-3-10)21(18,19)12-7-9(8-16)6-11(14)13(12)15/h6-7,10H,2-5,8,16H2,1H3. The predicted octanol–water partition coefficient (Wildman–Crippen LogP) is 1.22. The number of hydrogen-bond donors (Lipinski definition) is 1. The first kappa shape index (κ1) is 16.3. The molecule has 0 spiro atoms. The molecule has 0 unspecified atom stereocenters. The summed E-state index contributed by atoms with van der Waals surface area (Å²) < 4.78 is 58.6. The molecule has 2 N–H and O–H groups in total. The average Bonchev–Trinajstić information content (AvgIpc) is 2.49. The van der Waals surface area contributed by atoms with E-state index < -0.39 is 26.6 Å². The zero-order valence-corrected chi connectivity index (χ0v) is 12.5. The van der Waals surface area contributed by atoms with Crippen LogP contribution >= 0.6 is 0 Å². The average molecular weight is 320 g/mol.